The van der Waals surface area contributed by atoms with Crippen LogP contribution in [-0.4, -0.2) is 82.1 Å². The Bertz CT molecular complexity index is 1210. The third kappa shape index (κ3) is 5.78. The van der Waals surface area contributed by atoms with E-state index in [0.29, 0.717) is 56.1 Å². The molecular formula is C21H26N8O3S. The van der Waals surface area contributed by atoms with Crippen LogP contribution in [0.2, 0.25) is 0 Å². The number of hydrogen-bond donors (Lipinski definition) is 1. The molecular weight excluding hydrogens is 444 g/mol. The summed E-state index contributed by atoms with van der Waals surface area (Å²) < 4.78 is 30.2. The number of anilines is 2. The number of nitrogens with zero attached hydrogens (tertiary/aromatic N) is 7. The Morgan fingerprint density at radius 2 is 1.85 bits per heavy atom. The number of methoxy groups -OCH3 is 1. The smallest absolute Gasteiger partial charge is 0.213 e. The van der Waals surface area contributed by atoms with E-state index in [2.05, 4.69) is 35.1 Å². The Balaban J connectivity index is 1.57. The fraction of sp³-hybridized carbons (Fsp3) is 0.381. The average molecular weight is 471 g/mol. The molecule has 3 aromatic rings. The van der Waals surface area contributed by atoms with Gasteiger partial charge in [-0.15, -0.1) is 0 Å². The van der Waals surface area contributed by atoms with E-state index in [1.54, 1.807) is 25.6 Å². The zero-order valence-electron chi connectivity index (χ0n) is 18.8. The Morgan fingerprint density at radius 3 is 2.48 bits per heavy atom. The molecule has 4 heterocycles. The fourth-order valence-electron chi connectivity index (χ4n) is 3.56. The molecule has 1 N–H and O–H groups in total. The summed E-state index contributed by atoms with van der Waals surface area (Å²) in [5.74, 6) is 2.24. The van der Waals surface area contributed by atoms with Crippen LogP contribution in [0.1, 0.15) is 11.4 Å². The molecule has 0 aromatic carbocycles. The maximum Gasteiger partial charge on any atom is 0.213 e. The summed E-state index contributed by atoms with van der Waals surface area (Å²) in [5, 5.41) is 3.28. The molecule has 11 nitrogen and oxygen atoms in total. The van der Waals surface area contributed by atoms with Crippen molar-refractivity contribution in [2.75, 3.05) is 44.9 Å². The summed E-state index contributed by atoms with van der Waals surface area (Å²) in [6.45, 7) is 4.73. The second-order valence-electron chi connectivity index (χ2n) is 7.75. The molecule has 1 fully saturated rings. The number of sulfonamides is 1. The quantitative estimate of drug-likeness (QED) is 0.542. The lowest BCUT2D eigenvalue weighted by atomic mass is 10.1. The van der Waals surface area contributed by atoms with Gasteiger partial charge >= 0.3 is 0 Å². The van der Waals surface area contributed by atoms with Gasteiger partial charge in [0, 0.05) is 45.0 Å². The molecule has 0 saturated carbocycles. The van der Waals surface area contributed by atoms with E-state index in [9.17, 15) is 8.42 Å². The molecule has 0 spiro atoms. The van der Waals surface area contributed by atoms with Crippen LogP contribution in [0.3, 0.4) is 0 Å². The van der Waals surface area contributed by atoms with Crippen LogP contribution < -0.4 is 10.1 Å². The molecule has 0 atom stereocenters. The van der Waals surface area contributed by atoms with E-state index in [-0.39, 0.29) is 0 Å². The molecule has 1 saturated heterocycles. The first-order valence-corrected chi connectivity index (χ1v) is 12.3. The molecule has 1 aliphatic rings. The molecule has 12 heteroatoms. The van der Waals surface area contributed by atoms with Crippen LogP contribution in [0, 0.1) is 6.92 Å². The highest BCUT2D eigenvalue weighted by molar-refractivity contribution is 7.88. The van der Waals surface area contributed by atoms with Crippen LogP contribution in [0.25, 0.3) is 11.4 Å². The number of pyridine rings is 2. The highest BCUT2D eigenvalue weighted by Gasteiger charge is 2.23. The number of ether oxygens (including phenoxy) is 1. The third-order valence-corrected chi connectivity index (χ3v) is 6.60. The van der Waals surface area contributed by atoms with Gasteiger partial charge in [-0.25, -0.2) is 33.3 Å². The van der Waals surface area contributed by atoms with Crippen LogP contribution in [0.5, 0.6) is 5.88 Å². The van der Waals surface area contributed by atoms with Gasteiger partial charge in [0.1, 0.15) is 18.0 Å². The summed E-state index contributed by atoms with van der Waals surface area (Å²) in [4.78, 5) is 24.0. The first kappa shape index (κ1) is 23.0. The van der Waals surface area contributed by atoms with E-state index >= 15 is 0 Å². The summed E-state index contributed by atoms with van der Waals surface area (Å²) in [5.41, 5.74) is 2.47. The third-order valence-electron chi connectivity index (χ3n) is 5.29. The first-order valence-electron chi connectivity index (χ1n) is 10.4. The van der Waals surface area contributed by atoms with E-state index in [4.69, 9.17) is 4.74 Å². The predicted molar refractivity (Wildman–Crippen MR) is 124 cm³/mol. The maximum absolute atomic E-state index is 11.8. The van der Waals surface area contributed by atoms with Gasteiger partial charge in [-0.2, -0.15) is 4.31 Å². The Morgan fingerprint density at radius 1 is 1.06 bits per heavy atom. The summed E-state index contributed by atoms with van der Waals surface area (Å²) in [6, 6.07) is 5.62. The normalized spacial score (nSPS) is 15.4. The van der Waals surface area contributed by atoms with Gasteiger partial charge in [-0.3, -0.25) is 4.90 Å². The number of piperazine rings is 1. The van der Waals surface area contributed by atoms with Crippen LogP contribution in [-0.2, 0) is 16.6 Å². The zero-order valence-corrected chi connectivity index (χ0v) is 19.6. The molecule has 33 heavy (non-hydrogen) atoms. The van der Waals surface area contributed by atoms with Crippen molar-refractivity contribution in [3.63, 3.8) is 0 Å². The van der Waals surface area contributed by atoms with E-state index in [1.165, 1.54) is 16.9 Å². The SMILES string of the molecule is COc1ccc(Nc2ncc(CN3CCN(S(C)(=O)=O)CC3)cc2-c2ncnc(C)n2)cn1. The van der Waals surface area contributed by atoms with Crippen LogP contribution in [0.4, 0.5) is 11.5 Å². The second-order valence-corrected chi connectivity index (χ2v) is 9.73. The molecule has 0 unspecified atom stereocenters. The van der Waals surface area contributed by atoms with Crippen molar-refractivity contribution in [1.82, 2.24) is 34.1 Å². The van der Waals surface area contributed by atoms with Crippen LogP contribution in [0.15, 0.2) is 36.9 Å². The standard InChI is InChI=1S/C21H26N8O3S/c1-15-24-14-25-21(26-15)18-10-16(13-28-6-8-29(9-7-28)33(3,30)31)11-23-20(18)27-17-4-5-19(32-2)22-12-17/h4-5,10-12,14H,6-9,13H2,1-3H3,(H,23,27). The second kappa shape index (κ2) is 9.73. The van der Waals surface area contributed by atoms with Crippen molar-refractivity contribution in [2.45, 2.75) is 13.5 Å². The minimum Gasteiger partial charge on any atom is -0.481 e. The van der Waals surface area contributed by atoms with Crippen molar-refractivity contribution >= 4 is 21.5 Å². The zero-order chi connectivity index (χ0) is 23.4. The van der Waals surface area contributed by atoms with Gasteiger partial charge in [0.25, 0.3) is 0 Å². The lowest BCUT2D eigenvalue weighted by Crippen LogP contribution is -2.47. The van der Waals surface area contributed by atoms with E-state index in [1.807, 2.05) is 19.1 Å². The van der Waals surface area contributed by atoms with Gasteiger partial charge in [0.15, 0.2) is 5.82 Å². The topological polar surface area (TPSA) is 126 Å². The minimum atomic E-state index is -3.16. The monoisotopic (exact) mass is 470 g/mol. The molecule has 4 rings (SSSR count). The Hall–Kier alpha value is -3.22. The number of aromatic nitrogens is 5. The maximum atomic E-state index is 11.8. The molecule has 0 bridgehead atoms. The van der Waals surface area contributed by atoms with Gasteiger partial charge < -0.3 is 10.1 Å². The average Bonchev–Trinajstić information content (AvgIpc) is 2.80. The lowest BCUT2D eigenvalue weighted by Gasteiger charge is -2.33. The van der Waals surface area contributed by atoms with Crippen molar-refractivity contribution < 1.29 is 13.2 Å². The van der Waals surface area contributed by atoms with Gasteiger partial charge in [-0.05, 0) is 24.6 Å². The fourth-order valence-corrected chi connectivity index (χ4v) is 4.39. The molecule has 0 amide bonds. The summed E-state index contributed by atoms with van der Waals surface area (Å²) in [7, 11) is -1.59. The minimum absolute atomic E-state index is 0.482. The number of aryl methyl sites for hydroxylation is 1. The molecule has 1 aliphatic heterocycles. The lowest BCUT2D eigenvalue weighted by molar-refractivity contribution is 0.182. The number of nitrogens with one attached hydrogen (secondary N) is 1. The van der Waals surface area contributed by atoms with Gasteiger partial charge in [0.2, 0.25) is 15.9 Å². The Labute approximate surface area is 193 Å². The molecule has 0 aliphatic carbocycles. The van der Waals surface area contributed by atoms with Gasteiger partial charge in [0.05, 0.1) is 30.8 Å². The highest BCUT2D eigenvalue weighted by atomic mass is 32.2. The van der Waals surface area contributed by atoms with Crippen molar-refractivity contribution in [1.29, 1.82) is 0 Å². The summed E-state index contributed by atoms with van der Waals surface area (Å²) in [6.07, 6.45) is 6.20. The number of rotatable bonds is 7. The van der Waals surface area contributed by atoms with Gasteiger partial charge in [-0.1, -0.05) is 0 Å². The van der Waals surface area contributed by atoms with Crippen molar-refractivity contribution in [2.24, 2.45) is 0 Å². The van der Waals surface area contributed by atoms with E-state index in [0.717, 1.165) is 16.8 Å². The van der Waals surface area contributed by atoms with Crippen molar-refractivity contribution in [3.8, 4) is 17.3 Å². The van der Waals surface area contributed by atoms with Crippen molar-refractivity contribution in [3.05, 3.63) is 48.3 Å². The highest BCUT2D eigenvalue weighted by Crippen LogP contribution is 2.28. The molecule has 174 valence electrons. The Kier molecular flexibility index (Phi) is 6.77. The predicted octanol–water partition coefficient (Wildman–Crippen LogP) is 1.47. The number of hydrogen-bond acceptors (Lipinski definition) is 10. The van der Waals surface area contributed by atoms with E-state index < -0.39 is 10.0 Å². The van der Waals surface area contributed by atoms with Crippen LogP contribution >= 0.6 is 0 Å². The summed E-state index contributed by atoms with van der Waals surface area (Å²) >= 11 is 0. The molecule has 0 radical (unpaired) electrons. The first-order chi connectivity index (χ1) is 15.8. The molecule has 3 aromatic heterocycles. The largest absolute Gasteiger partial charge is 0.481 e.